The van der Waals surface area contributed by atoms with E-state index in [2.05, 4.69) is 26.9 Å². The number of halogens is 1. The highest BCUT2D eigenvalue weighted by Gasteiger charge is 2.19. The second-order valence-corrected chi connectivity index (χ2v) is 8.85. The minimum Gasteiger partial charge on any atom is -0.342 e. The van der Waals surface area contributed by atoms with Crippen LogP contribution in [-0.4, -0.2) is 44.4 Å². The highest BCUT2D eigenvalue weighted by atomic mass is 35.5. The topological polar surface area (TPSA) is 51.0 Å². The first-order valence-electron chi connectivity index (χ1n) is 10.3. The van der Waals surface area contributed by atoms with Gasteiger partial charge in [-0.1, -0.05) is 66.5 Å². The average Bonchev–Trinajstić information content (AvgIpc) is 2.97. The quantitative estimate of drug-likeness (QED) is 0.498. The summed E-state index contributed by atoms with van der Waals surface area (Å²) in [6.45, 7) is 2.38. The molecule has 1 aromatic heterocycles. The van der Waals surface area contributed by atoms with E-state index < -0.39 is 0 Å². The van der Waals surface area contributed by atoms with E-state index in [9.17, 15) is 4.79 Å². The zero-order valence-corrected chi connectivity index (χ0v) is 18.4. The van der Waals surface area contributed by atoms with Gasteiger partial charge in [-0.05, 0) is 42.7 Å². The molecule has 30 heavy (non-hydrogen) atoms. The Kier molecular flexibility index (Phi) is 7.07. The van der Waals surface area contributed by atoms with Gasteiger partial charge in [-0.25, -0.2) is 0 Å². The molecule has 5 nitrogen and oxygen atoms in total. The van der Waals surface area contributed by atoms with Gasteiger partial charge in [0, 0.05) is 23.7 Å². The van der Waals surface area contributed by atoms with Crippen molar-refractivity contribution in [3.63, 3.8) is 0 Å². The van der Waals surface area contributed by atoms with Gasteiger partial charge in [0.15, 0.2) is 11.0 Å². The second-order valence-electron chi connectivity index (χ2n) is 7.47. The van der Waals surface area contributed by atoms with Crippen molar-refractivity contribution in [3.8, 4) is 11.4 Å². The van der Waals surface area contributed by atoms with Crippen molar-refractivity contribution in [1.82, 2.24) is 19.7 Å². The van der Waals surface area contributed by atoms with Crippen LogP contribution in [0.25, 0.3) is 11.4 Å². The number of nitrogens with zero attached hydrogens (tertiary/aromatic N) is 4. The molecule has 0 aliphatic carbocycles. The molecular weight excluding hydrogens is 416 g/mol. The number of carbonyl (C=O) groups excluding carboxylic acids is 1. The fourth-order valence-electron chi connectivity index (χ4n) is 3.65. The molecule has 1 saturated heterocycles. The monoisotopic (exact) mass is 440 g/mol. The maximum atomic E-state index is 12.7. The number of likely N-dealkylation sites (tertiary alicyclic amines) is 1. The number of amides is 1. The van der Waals surface area contributed by atoms with E-state index in [1.54, 1.807) is 0 Å². The van der Waals surface area contributed by atoms with Crippen molar-refractivity contribution < 1.29 is 4.79 Å². The van der Waals surface area contributed by atoms with Gasteiger partial charge in [-0.2, -0.15) is 0 Å². The molecule has 0 N–H and O–H groups in total. The summed E-state index contributed by atoms with van der Waals surface area (Å²) in [6, 6.07) is 17.8. The van der Waals surface area contributed by atoms with Crippen LogP contribution in [0.4, 0.5) is 0 Å². The zero-order chi connectivity index (χ0) is 20.8. The molecule has 2 aromatic carbocycles. The van der Waals surface area contributed by atoms with Crippen molar-refractivity contribution in [2.75, 3.05) is 18.8 Å². The summed E-state index contributed by atoms with van der Waals surface area (Å²) in [5.41, 5.74) is 2.11. The number of thioether (sulfide) groups is 1. The maximum Gasteiger partial charge on any atom is 0.233 e. The van der Waals surface area contributed by atoms with E-state index in [0.29, 0.717) is 17.3 Å². The van der Waals surface area contributed by atoms with E-state index in [-0.39, 0.29) is 5.91 Å². The van der Waals surface area contributed by atoms with Crippen molar-refractivity contribution in [3.05, 3.63) is 65.2 Å². The number of benzene rings is 2. The third-order valence-electron chi connectivity index (χ3n) is 5.29. The van der Waals surface area contributed by atoms with Gasteiger partial charge in [-0.15, -0.1) is 10.2 Å². The normalized spacial score (nSPS) is 14.5. The van der Waals surface area contributed by atoms with E-state index in [4.69, 9.17) is 11.6 Å². The molecule has 1 amide bonds. The molecule has 3 aromatic rings. The Morgan fingerprint density at radius 1 is 0.933 bits per heavy atom. The fourth-order valence-corrected chi connectivity index (χ4v) is 4.62. The van der Waals surface area contributed by atoms with Gasteiger partial charge >= 0.3 is 0 Å². The fraction of sp³-hybridized carbons (Fsp3) is 0.348. The molecule has 1 aliphatic heterocycles. The van der Waals surface area contributed by atoms with Crippen LogP contribution in [0.3, 0.4) is 0 Å². The zero-order valence-electron chi connectivity index (χ0n) is 16.8. The van der Waals surface area contributed by atoms with E-state index >= 15 is 0 Å². The lowest BCUT2D eigenvalue weighted by atomic mass is 10.2. The Hall–Kier alpha value is -2.31. The third kappa shape index (κ3) is 5.24. The van der Waals surface area contributed by atoms with Gasteiger partial charge in [0.25, 0.3) is 0 Å². The lowest BCUT2D eigenvalue weighted by Gasteiger charge is -2.20. The minimum atomic E-state index is 0.184. The average molecular weight is 441 g/mol. The predicted octanol–water partition coefficient (Wildman–Crippen LogP) is 5.14. The first-order valence-corrected chi connectivity index (χ1v) is 11.7. The Balaban J connectivity index is 1.55. The van der Waals surface area contributed by atoms with E-state index in [0.717, 1.165) is 48.0 Å². The Morgan fingerprint density at radius 2 is 1.63 bits per heavy atom. The number of hydrogen-bond acceptors (Lipinski definition) is 4. The number of carbonyl (C=O) groups is 1. The van der Waals surface area contributed by atoms with Crippen molar-refractivity contribution in [2.45, 2.75) is 37.4 Å². The van der Waals surface area contributed by atoms with Crippen molar-refractivity contribution in [2.24, 2.45) is 0 Å². The van der Waals surface area contributed by atoms with Crippen LogP contribution in [-0.2, 0) is 11.3 Å². The summed E-state index contributed by atoms with van der Waals surface area (Å²) >= 11 is 7.52. The molecule has 4 rings (SSSR count). The Labute approximate surface area is 186 Å². The van der Waals surface area contributed by atoms with Gasteiger partial charge < -0.3 is 4.90 Å². The number of hydrogen-bond donors (Lipinski definition) is 0. The molecule has 156 valence electrons. The predicted molar refractivity (Wildman–Crippen MR) is 122 cm³/mol. The molecule has 0 saturated carbocycles. The summed E-state index contributed by atoms with van der Waals surface area (Å²) < 4.78 is 2.08. The van der Waals surface area contributed by atoms with Crippen LogP contribution in [0.2, 0.25) is 5.02 Å². The summed E-state index contributed by atoms with van der Waals surface area (Å²) in [7, 11) is 0. The van der Waals surface area contributed by atoms with Gasteiger partial charge in [-0.3, -0.25) is 9.36 Å². The maximum absolute atomic E-state index is 12.7. The first-order chi connectivity index (χ1) is 14.7. The van der Waals surface area contributed by atoms with E-state index in [1.165, 1.54) is 24.6 Å². The van der Waals surface area contributed by atoms with Crippen LogP contribution in [0.5, 0.6) is 0 Å². The van der Waals surface area contributed by atoms with Crippen LogP contribution in [0.1, 0.15) is 31.2 Å². The summed E-state index contributed by atoms with van der Waals surface area (Å²) in [6.07, 6.45) is 4.63. The van der Waals surface area contributed by atoms with Crippen molar-refractivity contribution >= 4 is 29.3 Å². The van der Waals surface area contributed by atoms with Gasteiger partial charge in [0.05, 0.1) is 12.3 Å². The number of rotatable bonds is 6. The largest absolute Gasteiger partial charge is 0.342 e. The molecule has 0 spiro atoms. The van der Waals surface area contributed by atoms with Crippen LogP contribution >= 0.6 is 23.4 Å². The molecule has 0 atom stereocenters. The Bertz CT molecular complexity index is 967. The highest BCUT2D eigenvalue weighted by Crippen LogP contribution is 2.26. The lowest BCUT2D eigenvalue weighted by Crippen LogP contribution is -2.33. The summed E-state index contributed by atoms with van der Waals surface area (Å²) in [5.74, 6) is 1.34. The third-order valence-corrected chi connectivity index (χ3v) is 6.49. The molecular formula is C23H25ClN4OS. The molecule has 0 bridgehead atoms. The van der Waals surface area contributed by atoms with Crippen molar-refractivity contribution in [1.29, 1.82) is 0 Å². The summed E-state index contributed by atoms with van der Waals surface area (Å²) in [5, 5.41) is 10.3. The highest BCUT2D eigenvalue weighted by molar-refractivity contribution is 7.99. The van der Waals surface area contributed by atoms with Crippen LogP contribution < -0.4 is 0 Å². The lowest BCUT2D eigenvalue weighted by molar-refractivity contribution is -0.128. The minimum absolute atomic E-state index is 0.184. The van der Waals surface area contributed by atoms with Crippen LogP contribution in [0.15, 0.2) is 59.8 Å². The van der Waals surface area contributed by atoms with E-state index in [1.807, 2.05) is 47.4 Å². The smallest absolute Gasteiger partial charge is 0.233 e. The second kappa shape index (κ2) is 10.1. The SMILES string of the molecule is O=C(CSc1nnc(-c2ccc(Cl)cc2)n1Cc1ccccc1)N1CCCCCC1. The summed E-state index contributed by atoms with van der Waals surface area (Å²) in [4.78, 5) is 14.7. The van der Waals surface area contributed by atoms with Crippen LogP contribution in [0, 0.1) is 0 Å². The van der Waals surface area contributed by atoms with Gasteiger partial charge in [0.1, 0.15) is 0 Å². The molecule has 1 fully saturated rings. The molecule has 1 aliphatic rings. The first kappa shape index (κ1) is 20.9. The van der Waals surface area contributed by atoms with Gasteiger partial charge in [0.2, 0.25) is 5.91 Å². The number of aromatic nitrogens is 3. The molecule has 0 radical (unpaired) electrons. The Morgan fingerprint density at radius 3 is 2.33 bits per heavy atom. The molecule has 7 heteroatoms. The molecule has 2 heterocycles. The molecule has 0 unspecified atom stereocenters. The standard InChI is InChI=1S/C23H25ClN4OS/c24-20-12-10-19(11-13-20)22-25-26-23(28(22)16-18-8-4-3-5-9-18)30-17-21(29)27-14-6-1-2-7-15-27/h3-5,8-13H,1-2,6-7,14-17H2.